The van der Waals surface area contributed by atoms with E-state index in [9.17, 15) is 4.79 Å². The van der Waals surface area contributed by atoms with Crippen LogP contribution in [0.5, 0.6) is 0 Å². The van der Waals surface area contributed by atoms with Crippen molar-refractivity contribution in [3.05, 3.63) is 35.4 Å². The summed E-state index contributed by atoms with van der Waals surface area (Å²) in [6, 6.07) is 7.38. The molecule has 0 saturated heterocycles. The van der Waals surface area contributed by atoms with Gasteiger partial charge in [0, 0.05) is 6.04 Å². The van der Waals surface area contributed by atoms with E-state index < -0.39 is 0 Å². The molecule has 16 heavy (non-hydrogen) atoms. The Kier molecular flexibility index (Phi) is 4.99. The number of benzene rings is 1. The van der Waals surface area contributed by atoms with Gasteiger partial charge in [0.15, 0.2) is 0 Å². The van der Waals surface area contributed by atoms with Crippen LogP contribution in [0.15, 0.2) is 24.3 Å². The number of nitrogens with two attached hydrogens (primary N) is 1. The fourth-order valence-corrected chi connectivity index (χ4v) is 1.56. The lowest BCUT2D eigenvalue weighted by Gasteiger charge is -2.10. The third-order valence-corrected chi connectivity index (χ3v) is 2.45. The smallest absolute Gasteiger partial charge is 0.338 e. The van der Waals surface area contributed by atoms with E-state index in [0.717, 1.165) is 18.4 Å². The Labute approximate surface area is 96.6 Å². The lowest BCUT2D eigenvalue weighted by Crippen LogP contribution is -2.10. The summed E-state index contributed by atoms with van der Waals surface area (Å²) in [6.45, 7) is 4.30. The van der Waals surface area contributed by atoms with Crippen LogP contribution in [-0.2, 0) is 4.74 Å². The number of hydrogen-bond donors (Lipinski definition) is 1. The van der Waals surface area contributed by atoms with Crippen LogP contribution in [-0.4, -0.2) is 12.6 Å². The number of ether oxygens (including phenoxy) is 1. The summed E-state index contributed by atoms with van der Waals surface area (Å²) in [5.74, 6) is -0.280. The maximum atomic E-state index is 11.4. The highest BCUT2D eigenvalue weighted by molar-refractivity contribution is 5.89. The second-order valence-electron chi connectivity index (χ2n) is 3.74. The van der Waals surface area contributed by atoms with E-state index in [1.54, 1.807) is 19.1 Å². The molecule has 0 radical (unpaired) electrons. The highest BCUT2D eigenvalue weighted by atomic mass is 16.5. The van der Waals surface area contributed by atoms with Crippen molar-refractivity contribution < 1.29 is 9.53 Å². The minimum absolute atomic E-state index is 0.0567. The normalized spacial score (nSPS) is 12.2. The summed E-state index contributed by atoms with van der Waals surface area (Å²) in [6.07, 6.45) is 2.01. The first-order chi connectivity index (χ1) is 7.69. The van der Waals surface area contributed by atoms with Crippen molar-refractivity contribution in [2.24, 2.45) is 5.73 Å². The van der Waals surface area contributed by atoms with Gasteiger partial charge in [-0.2, -0.15) is 0 Å². The first-order valence-electron chi connectivity index (χ1n) is 5.71. The van der Waals surface area contributed by atoms with Crippen molar-refractivity contribution in [1.29, 1.82) is 0 Å². The summed E-state index contributed by atoms with van der Waals surface area (Å²) in [7, 11) is 0. The van der Waals surface area contributed by atoms with Gasteiger partial charge in [-0.1, -0.05) is 25.5 Å². The van der Waals surface area contributed by atoms with Crippen molar-refractivity contribution in [3.63, 3.8) is 0 Å². The molecule has 0 aliphatic rings. The van der Waals surface area contributed by atoms with Gasteiger partial charge in [-0.05, 0) is 31.0 Å². The predicted octanol–water partition coefficient (Wildman–Crippen LogP) is 2.66. The molecule has 1 rings (SSSR count). The van der Waals surface area contributed by atoms with Gasteiger partial charge in [-0.25, -0.2) is 4.79 Å². The Hall–Kier alpha value is -1.35. The topological polar surface area (TPSA) is 52.3 Å². The third-order valence-electron chi connectivity index (χ3n) is 2.45. The largest absolute Gasteiger partial charge is 0.462 e. The van der Waals surface area contributed by atoms with E-state index in [2.05, 4.69) is 6.92 Å². The summed E-state index contributed by atoms with van der Waals surface area (Å²) in [5, 5.41) is 0. The van der Waals surface area contributed by atoms with E-state index in [-0.39, 0.29) is 12.0 Å². The monoisotopic (exact) mass is 221 g/mol. The second-order valence-corrected chi connectivity index (χ2v) is 3.74. The Bertz CT molecular complexity index is 332. The predicted molar refractivity (Wildman–Crippen MR) is 64.2 cm³/mol. The molecule has 3 nitrogen and oxygen atoms in total. The Morgan fingerprint density at radius 3 is 2.44 bits per heavy atom. The number of rotatable bonds is 5. The van der Waals surface area contributed by atoms with Crippen molar-refractivity contribution >= 4 is 5.97 Å². The van der Waals surface area contributed by atoms with Crippen LogP contribution in [0.2, 0.25) is 0 Å². The average molecular weight is 221 g/mol. The lowest BCUT2D eigenvalue weighted by molar-refractivity contribution is 0.0526. The van der Waals surface area contributed by atoms with Crippen LogP contribution in [0.3, 0.4) is 0 Å². The molecule has 0 saturated carbocycles. The molecular formula is C13H19NO2. The summed E-state index contributed by atoms with van der Waals surface area (Å²) in [4.78, 5) is 11.4. The van der Waals surface area contributed by atoms with Crippen LogP contribution in [0.1, 0.15) is 48.7 Å². The molecule has 0 bridgehead atoms. The summed E-state index contributed by atoms with van der Waals surface area (Å²) >= 11 is 0. The van der Waals surface area contributed by atoms with E-state index in [0.29, 0.717) is 12.2 Å². The standard InChI is InChI=1S/C13H19NO2/c1-3-5-12(14)10-6-8-11(9-7-10)13(15)16-4-2/h6-9,12H,3-5,14H2,1-2H3. The van der Waals surface area contributed by atoms with Gasteiger partial charge in [0.2, 0.25) is 0 Å². The summed E-state index contributed by atoms with van der Waals surface area (Å²) < 4.78 is 4.91. The molecule has 0 spiro atoms. The maximum absolute atomic E-state index is 11.4. The van der Waals surface area contributed by atoms with Crippen LogP contribution >= 0.6 is 0 Å². The van der Waals surface area contributed by atoms with Gasteiger partial charge in [-0.3, -0.25) is 0 Å². The number of carbonyl (C=O) groups excluding carboxylic acids is 1. The lowest BCUT2D eigenvalue weighted by atomic mass is 10.0. The Morgan fingerprint density at radius 2 is 1.94 bits per heavy atom. The summed E-state index contributed by atoms with van der Waals surface area (Å²) in [5.41, 5.74) is 7.62. The molecule has 0 amide bonds. The molecule has 1 atom stereocenters. The van der Waals surface area contributed by atoms with Gasteiger partial charge in [0.1, 0.15) is 0 Å². The zero-order valence-electron chi connectivity index (χ0n) is 9.90. The van der Waals surface area contributed by atoms with E-state index in [1.165, 1.54) is 0 Å². The maximum Gasteiger partial charge on any atom is 0.338 e. The van der Waals surface area contributed by atoms with Gasteiger partial charge < -0.3 is 10.5 Å². The van der Waals surface area contributed by atoms with Gasteiger partial charge >= 0.3 is 5.97 Å². The molecule has 1 aromatic carbocycles. The van der Waals surface area contributed by atoms with Crippen LogP contribution in [0.4, 0.5) is 0 Å². The molecule has 0 fully saturated rings. The van der Waals surface area contributed by atoms with Crippen molar-refractivity contribution in [1.82, 2.24) is 0 Å². The van der Waals surface area contributed by atoms with Crippen LogP contribution in [0.25, 0.3) is 0 Å². The average Bonchev–Trinajstić information content (AvgIpc) is 2.30. The van der Waals surface area contributed by atoms with Crippen molar-refractivity contribution in [2.75, 3.05) is 6.61 Å². The highest BCUT2D eigenvalue weighted by Crippen LogP contribution is 2.16. The molecule has 88 valence electrons. The van der Waals surface area contributed by atoms with Crippen molar-refractivity contribution in [3.8, 4) is 0 Å². The van der Waals surface area contributed by atoms with Gasteiger partial charge in [-0.15, -0.1) is 0 Å². The van der Waals surface area contributed by atoms with E-state index >= 15 is 0 Å². The number of hydrogen-bond acceptors (Lipinski definition) is 3. The van der Waals surface area contributed by atoms with E-state index in [1.807, 2.05) is 12.1 Å². The minimum atomic E-state index is -0.280. The first-order valence-corrected chi connectivity index (χ1v) is 5.71. The third kappa shape index (κ3) is 3.35. The molecule has 3 heteroatoms. The molecular weight excluding hydrogens is 202 g/mol. The SMILES string of the molecule is CCCC(N)c1ccc(C(=O)OCC)cc1. The van der Waals surface area contributed by atoms with Crippen LogP contribution < -0.4 is 5.73 Å². The first kappa shape index (κ1) is 12.7. The molecule has 0 heterocycles. The van der Waals surface area contributed by atoms with Gasteiger partial charge in [0.25, 0.3) is 0 Å². The zero-order chi connectivity index (χ0) is 12.0. The minimum Gasteiger partial charge on any atom is -0.462 e. The van der Waals surface area contributed by atoms with Crippen LogP contribution in [0, 0.1) is 0 Å². The molecule has 0 aromatic heterocycles. The van der Waals surface area contributed by atoms with Crippen molar-refractivity contribution in [2.45, 2.75) is 32.7 Å². The Balaban J connectivity index is 2.71. The van der Waals surface area contributed by atoms with E-state index in [4.69, 9.17) is 10.5 Å². The molecule has 1 unspecified atom stereocenters. The second kappa shape index (κ2) is 6.28. The highest BCUT2D eigenvalue weighted by Gasteiger charge is 2.08. The Morgan fingerprint density at radius 1 is 1.31 bits per heavy atom. The molecule has 2 N–H and O–H groups in total. The fraction of sp³-hybridized carbons (Fsp3) is 0.462. The van der Waals surface area contributed by atoms with Gasteiger partial charge in [0.05, 0.1) is 12.2 Å². The molecule has 0 aliphatic carbocycles. The number of esters is 1. The molecule has 1 aromatic rings. The quantitative estimate of drug-likeness (QED) is 0.778. The zero-order valence-corrected chi connectivity index (χ0v) is 9.90. The fourth-order valence-electron chi connectivity index (χ4n) is 1.56. The molecule has 0 aliphatic heterocycles. The number of carbonyl (C=O) groups is 1.